The number of hydrogen-bond donors (Lipinski definition) is 1. The van der Waals surface area contributed by atoms with Gasteiger partial charge in [-0.2, -0.15) is 0 Å². The highest BCUT2D eigenvalue weighted by atomic mass is 16.2. The van der Waals surface area contributed by atoms with E-state index in [4.69, 9.17) is 0 Å². The maximum atomic E-state index is 12.9. The van der Waals surface area contributed by atoms with Crippen molar-refractivity contribution in [2.45, 2.75) is 44.7 Å². The fraction of sp³-hybridized carbons (Fsp3) is 0.778. The molecule has 0 radical (unpaired) electrons. The highest BCUT2D eigenvalue weighted by Gasteiger charge is 2.32. The summed E-state index contributed by atoms with van der Waals surface area (Å²) in [6, 6.07) is 0.570. The molecule has 1 aromatic rings. The molecule has 24 heavy (non-hydrogen) atoms. The van der Waals surface area contributed by atoms with E-state index in [1.54, 1.807) is 0 Å². The van der Waals surface area contributed by atoms with Gasteiger partial charge in [0.05, 0.1) is 12.6 Å². The summed E-state index contributed by atoms with van der Waals surface area (Å²) in [5.74, 6) is 1.89. The molecule has 3 unspecified atom stereocenters. The van der Waals surface area contributed by atoms with Gasteiger partial charge in [0.25, 0.3) is 0 Å². The van der Waals surface area contributed by atoms with Gasteiger partial charge in [-0.25, -0.2) is 4.98 Å². The van der Waals surface area contributed by atoms with Gasteiger partial charge in [-0.15, -0.1) is 0 Å². The summed E-state index contributed by atoms with van der Waals surface area (Å²) < 4.78 is 2.06. The van der Waals surface area contributed by atoms with Gasteiger partial charge < -0.3 is 14.8 Å². The van der Waals surface area contributed by atoms with E-state index in [-0.39, 0.29) is 11.9 Å². The molecule has 1 aliphatic carbocycles. The van der Waals surface area contributed by atoms with Gasteiger partial charge in [0, 0.05) is 52.2 Å². The lowest BCUT2D eigenvalue weighted by molar-refractivity contribution is -0.135. The van der Waals surface area contributed by atoms with Gasteiger partial charge in [0.1, 0.15) is 5.82 Å². The van der Waals surface area contributed by atoms with E-state index in [0.29, 0.717) is 18.5 Å². The van der Waals surface area contributed by atoms with Crippen molar-refractivity contribution in [1.29, 1.82) is 0 Å². The van der Waals surface area contributed by atoms with Gasteiger partial charge in [0.15, 0.2) is 0 Å². The third-order valence-corrected chi connectivity index (χ3v) is 5.81. The zero-order valence-electron chi connectivity index (χ0n) is 15.2. The molecule has 1 saturated heterocycles. The molecule has 0 spiro atoms. The third-order valence-electron chi connectivity index (χ3n) is 5.81. The molecular formula is C18H31N5O. The van der Waals surface area contributed by atoms with Crippen LogP contribution in [0.2, 0.25) is 0 Å². The van der Waals surface area contributed by atoms with E-state index < -0.39 is 0 Å². The van der Waals surface area contributed by atoms with Gasteiger partial charge in [-0.1, -0.05) is 19.8 Å². The van der Waals surface area contributed by atoms with Crippen molar-refractivity contribution in [3.8, 4) is 0 Å². The maximum Gasteiger partial charge on any atom is 0.236 e. The number of aryl methyl sites for hydroxylation is 1. The summed E-state index contributed by atoms with van der Waals surface area (Å²) in [5.41, 5.74) is 0. The Labute approximate surface area is 145 Å². The summed E-state index contributed by atoms with van der Waals surface area (Å²) in [5, 5.41) is 3.43. The number of carbonyl (C=O) groups excluding carboxylic acids is 1. The number of carbonyl (C=O) groups is 1. The number of imidazole rings is 1. The summed E-state index contributed by atoms with van der Waals surface area (Å²) in [4.78, 5) is 21.7. The molecule has 1 amide bonds. The van der Waals surface area contributed by atoms with Crippen molar-refractivity contribution in [3.63, 3.8) is 0 Å². The summed E-state index contributed by atoms with van der Waals surface area (Å²) in [6.07, 6.45) is 8.74. The number of nitrogens with one attached hydrogen (secondary N) is 1. The molecule has 0 bridgehead atoms. The second-order valence-corrected chi connectivity index (χ2v) is 7.42. The van der Waals surface area contributed by atoms with Crippen LogP contribution in [0.1, 0.15) is 44.5 Å². The number of nitrogens with zero attached hydrogens (tertiary/aromatic N) is 4. The first-order chi connectivity index (χ1) is 11.6. The first-order valence-corrected chi connectivity index (χ1v) is 9.25. The largest absolute Gasteiger partial charge is 0.341 e. The molecule has 134 valence electrons. The predicted octanol–water partition coefficient (Wildman–Crippen LogP) is 1.40. The van der Waals surface area contributed by atoms with Crippen LogP contribution in [0.5, 0.6) is 0 Å². The van der Waals surface area contributed by atoms with Crippen LogP contribution in [0.3, 0.4) is 0 Å². The monoisotopic (exact) mass is 333 g/mol. The lowest BCUT2D eigenvalue weighted by atomic mass is 9.85. The van der Waals surface area contributed by atoms with Gasteiger partial charge in [0.2, 0.25) is 5.91 Å². The number of hydrogen-bond acceptors (Lipinski definition) is 4. The minimum absolute atomic E-state index is 0.167. The summed E-state index contributed by atoms with van der Waals surface area (Å²) in [6.45, 7) is 5.44. The van der Waals surface area contributed by atoms with Crippen LogP contribution in [0.25, 0.3) is 0 Å². The van der Waals surface area contributed by atoms with Gasteiger partial charge >= 0.3 is 0 Å². The first-order valence-electron chi connectivity index (χ1n) is 9.25. The Bertz CT molecular complexity index is 557. The molecule has 6 heteroatoms. The van der Waals surface area contributed by atoms with Crippen LogP contribution in [-0.4, -0.2) is 64.5 Å². The lowest BCUT2D eigenvalue weighted by Crippen LogP contribution is -2.52. The second kappa shape index (κ2) is 7.66. The summed E-state index contributed by atoms with van der Waals surface area (Å²) in [7, 11) is 4.01. The van der Waals surface area contributed by atoms with E-state index >= 15 is 0 Å². The topological polar surface area (TPSA) is 53.4 Å². The van der Waals surface area contributed by atoms with Crippen molar-refractivity contribution in [1.82, 2.24) is 24.7 Å². The molecule has 6 nitrogen and oxygen atoms in total. The lowest BCUT2D eigenvalue weighted by Gasteiger charge is -2.39. The zero-order valence-corrected chi connectivity index (χ0v) is 15.2. The van der Waals surface area contributed by atoms with Crippen LogP contribution in [0, 0.1) is 5.92 Å². The standard InChI is InChI=1S/C18H31N5O/c1-14-6-4-5-7-15(14)22(3)17(24)13-23-11-8-19-12-16(23)18-20-9-10-21(18)2/h9-10,14-16,19H,4-8,11-13H2,1-3H3. The van der Waals surface area contributed by atoms with Crippen molar-refractivity contribution >= 4 is 5.91 Å². The van der Waals surface area contributed by atoms with Crippen LogP contribution in [-0.2, 0) is 11.8 Å². The van der Waals surface area contributed by atoms with Crippen LogP contribution in [0.15, 0.2) is 12.4 Å². The van der Waals surface area contributed by atoms with E-state index in [0.717, 1.165) is 31.9 Å². The molecule has 1 saturated carbocycles. The zero-order chi connectivity index (χ0) is 17.1. The second-order valence-electron chi connectivity index (χ2n) is 7.42. The Morgan fingerprint density at radius 1 is 1.42 bits per heavy atom. The van der Waals surface area contributed by atoms with Crippen molar-refractivity contribution in [2.75, 3.05) is 33.2 Å². The average molecular weight is 333 g/mol. The first kappa shape index (κ1) is 17.4. The Kier molecular flexibility index (Phi) is 5.56. The van der Waals surface area contributed by atoms with E-state index in [1.807, 2.05) is 31.4 Å². The highest BCUT2D eigenvalue weighted by Crippen LogP contribution is 2.28. The number of amides is 1. The fourth-order valence-corrected chi connectivity index (χ4v) is 4.23. The van der Waals surface area contributed by atoms with Gasteiger partial charge in [-0.3, -0.25) is 9.69 Å². The van der Waals surface area contributed by atoms with E-state index in [1.165, 1.54) is 19.3 Å². The molecule has 1 aromatic heterocycles. The Balaban J connectivity index is 1.66. The minimum atomic E-state index is 0.167. The number of piperazine rings is 1. The fourth-order valence-electron chi connectivity index (χ4n) is 4.23. The minimum Gasteiger partial charge on any atom is -0.341 e. The van der Waals surface area contributed by atoms with Crippen LogP contribution < -0.4 is 5.32 Å². The maximum absolute atomic E-state index is 12.9. The average Bonchev–Trinajstić information content (AvgIpc) is 3.01. The highest BCUT2D eigenvalue weighted by molar-refractivity contribution is 5.78. The Morgan fingerprint density at radius 3 is 2.92 bits per heavy atom. The number of likely N-dealkylation sites (N-methyl/N-ethyl adjacent to an activating group) is 1. The van der Waals surface area contributed by atoms with Gasteiger partial charge in [-0.05, 0) is 18.8 Å². The SMILES string of the molecule is CC1CCCCC1N(C)C(=O)CN1CCNCC1c1nccn1C. The molecule has 3 rings (SSSR count). The van der Waals surface area contributed by atoms with Crippen molar-refractivity contribution in [2.24, 2.45) is 13.0 Å². The Morgan fingerprint density at radius 2 is 2.21 bits per heavy atom. The van der Waals surface area contributed by atoms with E-state index in [9.17, 15) is 4.79 Å². The van der Waals surface area contributed by atoms with Crippen LogP contribution in [0.4, 0.5) is 0 Å². The number of aromatic nitrogens is 2. The third kappa shape index (κ3) is 3.64. The predicted molar refractivity (Wildman–Crippen MR) is 94.6 cm³/mol. The smallest absolute Gasteiger partial charge is 0.236 e. The number of rotatable bonds is 4. The van der Waals surface area contributed by atoms with Crippen LogP contribution >= 0.6 is 0 Å². The summed E-state index contributed by atoms with van der Waals surface area (Å²) >= 11 is 0. The normalized spacial score (nSPS) is 28.7. The quantitative estimate of drug-likeness (QED) is 0.905. The molecule has 0 aromatic carbocycles. The molecule has 3 atom stereocenters. The molecule has 1 aliphatic heterocycles. The molecule has 2 fully saturated rings. The van der Waals surface area contributed by atoms with Crippen molar-refractivity contribution < 1.29 is 4.79 Å². The molecule has 2 aliphatic rings. The molecule has 1 N–H and O–H groups in total. The molecular weight excluding hydrogens is 302 g/mol. The Hall–Kier alpha value is -1.40. The van der Waals surface area contributed by atoms with Crippen molar-refractivity contribution in [3.05, 3.63) is 18.2 Å². The molecule has 2 heterocycles. The van der Waals surface area contributed by atoms with E-state index in [2.05, 4.69) is 26.7 Å².